The zero-order chi connectivity index (χ0) is 13.5. The highest BCUT2D eigenvalue weighted by Crippen LogP contribution is 2.02. The van der Waals surface area contributed by atoms with Crippen molar-refractivity contribution < 1.29 is 24.2 Å². The van der Waals surface area contributed by atoms with E-state index in [2.05, 4.69) is 4.74 Å². The number of hydrogen-bond acceptors (Lipinski definition) is 5. The Hall–Kier alpha value is -2.21. The first kappa shape index (κ1) is 13.9. The van der Waals surface area contributed by atoms with Crippen LogP contribution in [-0.4, -0.2) is 35.6 Å². The van der Waals surface area contributed by atoms with Gasteiger partial charge >= 0.3 is 11.9 Å². The Morgan fingerprint density at radius 1 is 1.28 bits per heavy atom. The molecule has 1 unspecified atom stereocenters. The quantitative estimate of drug-likeness (QED) is 0.336. The van der Waals surface area contributed by atoms with Crippen LogP contribution in [0.15, 0.2) is 30.3 Å². The van der Waals surface area contributed by atoms with Gasteiger partial charge in [-0.15, -0.1) is 0 Å². The summed E-state index contributed by atoms with van der Waals surface area (Å²) >= 11 is 0. The molecule has 0 saturated heterocycles. The summed E-state index contributed by atoms with van der Waals surface area (Å²) in [5.41, 5.74) is 0.231. The van der Waals surface area contributed by atoms with Gasteiger partial charge in [0.1, 0.15) is 0 Å². The van der Waals surface area contributed by atoms with Crippen molar-refractivity contribution in [2.24, 2.45) is 0 Å². The fraction of sp³-hybridized carbons (Fsp3) is 0.250. The molecule has 1 atom stereocenters. The molecule has 1 rings (SSSR count). The minimum absolute atomic E-state index is 0.0367. The summed E-state index contributed by atoms with van der Waals surface area (Å²) in [4.78, 5) is 33.8. The fourth-order valence-corrected chi connectivity index (χ4v) is 1.21. The van der Waals surface area contributed by atoms with E-state index in [4.69, 9.17) is 0 Å². The first-order valence-electron chi connectivity index (χ1n) is 5.31. The Kier molecular flexibility index (Phi) is 5.01. The summed E-state index contributed by atoms with van der Waals surface area (Å²) in [7, 11) is 0. The molecule has 0 fully saturated rings. The van der Waals surface area contributed by atoms with Crippen LogP contribution in [0.5, 0.6) is 0 Å². The second-order valence-corrected chi connectivity index (χ2v) is 3.33. The molecule has 0 aliphatic heterocycles. The Morgan fingerprint density at radius 3 is 2.44 bits per heavy atom. The minimum atomic E-state index is -1.77. The number of ketones is 1. The van der Waals surface area contributed by atoms with Gasteiger partial charge in [0.15, 0.2) is 6.23 Å². The van der Waals surface area contributed by atoms with Crippen LogP contribution in [0.1, 0.15) is 17.3 Å². The number of nitrogens with one attached hydrogen (secondary N) is 1. The molecule has 1 aromatic rings. The van der Waals surface area contributed by atoms with Crippen LogP contribution in [0, 0.1) is 0 Å². The van der Waals surface area contributed by atoms with Crippen LogP contribution in [0.4, 0.5) is 0 Å². The van der Waals surface area contributed by atoms with E-state index in [1.807, 2.05) is 5.32 Å². The van der Waals surface area contributed by atoms with Gasteiger partial charge in [0, 0.05) is 5.56 Å². The molecule has 6 nitrogen and oxygen atoms in total. The van der Waals surface area contributed by atoms with E-state index >= 15 is 0 Å². The Morgan fingerprint density at radius 2 is 1.89 bits per heavy atom. The maximum absolute atomic E-state index is 11.6. The van der Waals surface area contributed by atoms with Crippen molar-refractivity contribution in [1.29, 1.82) is 0 Å². The molecule has 1 aromatic carbocycles. The third kappa shape index (κ3) is 3.67. The van der Waals surface area contributed by atoms with Crippen molar-refractivity contribution in [3.8, 4) is 0 Å². The maximum atomic E-state index is 11.6. The van der Waals surface area contributed by atoms with Gasteiger partial charge in [-0.3, -0.25) is 9.59 Å². The van der Waals surface area contributed by atoms with Crippen LogP contribution in [0.25, 0.3) is 0 Å². The van der Waals surface area contributed by atoms with Crippen molar-refractivity contribution >= 4 is 17.7 Å². The van der Waals surface area contributed by atoms with Crippen molar-refractivity contribution in [3.05, 3.63) is 35.9 Å². The third-order valence-corrected chi connectivity index (χ3v) is 2.04. The van der Waals surface area contributed by atoms with Crippen molar-refractivity contribution in [1.82, 2.24) is 5.32 Å². The Bertz CT molecular complexity index is 443. The predicted molar refractivity (Wildman–Crippen MR) is 61.6 cm³/mol. The highest BCUT2D eigenvalue weighted by atomic mass is 16.5. The average molecular weight is 251 g/mol. The first-order chi connectivity index (χ1) is 8.56. The second-order valence-electron chi connectivity index (χ2n) is 3.33. The predicted octanol–water partition coefficient (Wildman–Crippen LogP) is -0.133. The SMILES string of the molecule is CCOC(=O)C(=O)NC(O)C(=O)c1ccccc1. The molecule has 0 spiro atoms. The van der Waals surface area contributed by atoms with Gasteiger partial charge in [-0.1, -0.05) is 30.3 Å². The van der Waals surface area contributed by atoms with Gasteiger partial charge in [0.2, 0.25) is 5.78 Å². The van der Waals surface area contributed by atoms with E-state index in [1.54, 1.807) is 18.2 Å². The standard InChI is InChI=1S/C12H13NO5/c1-2-18-12(17)11(16)13-10(15)9(14)8-6-4-3-5-7-8/h3-7,10,15H,2H2,1H3,(H,13,16). The molecule has 18 heavy (non-hydrogen) atoms. The van der Waals surface area contributed by atoms with Crippen LogP contribution >= 0.6 is 0 Å². The van der Waals surface area contributed by atoms with E-state index in [9.17, 15) is 19.5 Å². The molecule has 0 saturated carbocycles. The highest BCUT2D eigenvalue weighted by molar-refractivity contribution is 6.33. The topological polar surface area (TPSA) is 92.7 Å². The smallest absolute Gasteiger partial charge is 0.396 e. The largest absolute Gasteiger partial charge is 0.459 e. The molecule has 0 bridgehead atoms. The number of aliphatic hydroxyl groups excluding tert-OH is 1. The number of benzene rings is 1. The maximum Gasteiger partial charge on any atom is 0.396 e. The van der Waals surface area contributed by atoms with E-state index in [0.717, 1.165) is 0 Å². The van der Waals surface area contributed by atoms with Crippen LogP contribution in [0.3, 0.4) is 0 Å². The normalized spacial score (nSPS) is 11.4. The van der Waals surface area contributed by atoms with E-state index in [1.165, 1.54) is 19.1 Å². The Labute approximate surface area is 104 Å². The van der Waals surface area contributed by atoms with Crippen LogP contribution < -0.4 is 5.32 Å². The molecular weight excluding hydrogens is 238 g/mol. The van der Waals surface area contributed by atoms with Crippen LogP contribution in [0.2, 0.25) is 0 Å². The summed E-state index contributed by atoms with van der Waals surface area (Å²) in [6, 6.07) is 7.92. The lowest BCUT2D eigenvalue weighted by Gasteiger charge is -2.10. The van der Waals surface area contributed by atoms with Crippen molar-refractivity contribution in [2.45, 2.75) is 13.2 Å². The fourth-order valence-electron chi connectivity index (χ4n) is 1.21. The molecule has 6 heteroatoms. The summed E-state index contributed by atoms with van der Waals surface area (Å²) in [5.74, 6) is -3.00. The number of Topliss-reactive ketones (excluding diaryl/α,β-unsaturated/α-hetero) is 1. The molecule has 0 aliphatic rings. The zero-order valence-electron chi connectivity index (χ0n) is 9.75. The van der Waals surface area contributed by atoms with Gasteiger partial charge in [-0.05, 0) is 6.92 Å². The van der Waals surface area contributed by atoms with Gasteiger partial charge in [-0.2, -0.15) is 0 Å². The second kappa shape index (κ2) is 6.51. The molecule has 1 amide bonds. The van der Waals surface area contributed by atoms with E-state index in [0.29, 0.717) is 0 Å². The number of esters is 1. The number of carbonyl (C=O) groups excluding carboxylic acids is 3. The molecule has 0 radical (unpaired) electrons. The molecule has 2 N–H and O–H groups in total. The number of hydrogen-bond donors (Lipinski definition) is 2. The minimum Gasteiger partial charge on any atom is -0.459 e. The van der Waals surface area contributed by atoms with Crippen molar-refractivity contribution in [2.75, 3.05) is 6.61 Å². The summed E-state index contributed by atoms with van der Waals surface area (Å²) in [6.07, 6.45) is -1.77. The van der Waals surface area contributed by atoms with Gasteiger partial charge in [0.25, 0.3) is 0 Å². The zero-order valence-corrected chi connectivity index (χ0v) is 9.75. The van der Waals surface area contributed by atoms with Gasteiger partial charge in [0.05, 0.1) is 6.61 Å². The van der Waals surface area contributed by atoms with Crippen molar-refractivity contribution in [3.63, 3.8) is 0 Å². The monoisotopic (exact) mass is 251 g/mol. The molecule has 0 aliphatic carbocycles. The highest BCUT2D eigenvalue weighted by Gasteiger charge is 2.23. The Balaban J connectivity index is 2.61. The first-order valence-corrected chi connectivity index (χ1v) is 5.31. The molecule has 0 aromatic heterocycles. The third-order valence-electron chi connectivity index (χ3n) is 2.04. The van der Waals surface area contributed by atoms with Crippen LogP contribution in [-0.2, 0) is 14.3 Å². The number of carbonyl (C=O) groups is 3. The van der Waals surface area contributed by atoms with Gasteiger partial charge < -0.3 is 15.2 Å². The molecular formula is C12H13NO5. The van der Waals surface area contributed by atoms with E-state index < -0.39 is 23.9 Å². The van der Waals surface area contributed by atoms with Gasteiger partial charge in [-0.25, -0.2) is 4.79 Å². The lowest BCUT2D eigenvalue weighted by atomic mass is 10.1. The molecule has 0 heterocycles. The summed E-state index contributed by atoms with van der Waals surface area (Å²) < 4.78 is 4.42. The summed E-state index contributed by atoms with van der Waals surface area (Å²) in [6.45, 7) is 1.58. The number of aliphatic hydroxyl groups is 1. The lowest BCUT2D eigenvalue weighted by Crippen LogP contribution is -2.44. The lowest BCUT2D eigenvalue weighted by molar-refractivity contribution is -0.155. The molecule has 96 valence electrons. The summed E-state index contributed by atoms with van der Waals surface area (Å²) in [5, 5.41) is 11.3. The number of ether oxygens (including phenoxy) is 1. The number of rotatable bonds is 4. The average Bonchev–Trinajstić information content (AvgIpc) is 2.39. The van der Waals surface area contributed by atoms with E-state index in [-0.39, 0.29) is 12.2 Å². The number of amides is 1.